The van der Waals surface area contributed by atoms with Crippen LogP contribution in [0.25, 0.3) is 0 Å². The van der Waals surface area contributed by atoms with E-state index in [1.807, 2.05) is 53.4 Å². The monoisotopic (exact) mass is 382 g/mol. The predicted octanol–water partition coefficient (Wildman–Crippen LogP) is 3.63. The van der Waals surface area contributed by atoms with Crippen molar-refractivity contribution in [1.29, 1.82) is 0 Å². The molecule has 0 atom stereocenters. The lowest BCUT2D eigenvalue weighted by Crippen LogP contribution is -2.47. The van der Waals surface area contributed by atoms with Crippen molar-refractivity contribution >= 4 is 12.0 Å². The molecule has 148 valence electrons. The third kappa shape index (κ3) is 6.30. The molecule has 28 heavy (non-hydrogen) atoms. The number of ether oxygens (including phenoxy) is 2. The number of para-hydroxylation sites is 2. The standard InChI is InChI=1S/C22H26N2O4/c25-21(12-7-17-27-19-8-3-1-4-9-19)24-15-13-18(14-16-24)23-22(26)28-20-10-5-2-6-11-20/h1-6,8-11,18H,7,12-17H2,(H,23,26). The zero-order valence-corrected chi connectivity index (χ0v) is 15.9. The van der Waals surface area contributed by atoms with Crippen molar-refractivity contribution in [3.8, 4) is 11.5 Å². The summed E-state index contributed by atoms with van der Waals surface area (Å²) in [6.07, 6.45) is 2.18. The molecule has 2 aromatic carbocycles. The second-order valence-corrected chi connectivity index (χ2v) is 6.77. The normalized spacial score (nSPS) is 14.4. The topological polar surface area (TPSA) is 67.9 Å². The van der Waals surface area contributed by atoms with Gasteiger partial charge in [-0.2, -0.15) is 0 Å². The molecule has 6 heteroatoms. The van der Waals surface area contributed by atoms with Crippen LogP contribution in [-0.4, -0.2) is 42.6 Å². The Kier molecular flexibility index (Phi) is 7.29. The molecule has 1 aliphatic rings. The number of hydrogen-bond donors (Lipinski definition) is 1. The molecule has 0 aromatic heterocycles. The fraction of sp³-hybridized carbons (Fsp3) is 0.364. The van der Waals surface area contributed by atoms with Gasteiger partial charge in [0.1, 0.15) is 11.5 Å². The summed E-state index contributed by atoms with van der Waals surface area (Å²) in [7, 11) is 0. The summed E-state index contributed by atoms with van der Waals surface area (Å²) in [6.45, 7) is 1.82. The first kappa shape index (κ1) is 19.7. The van der Waals surface area contributed by atoms with Crippen molar-refractivity contribution in [2.45, 2.75) is 31.7 Å². The minimum atomic E-state index is -0.450. The summed E-state index contributed by atoms with van der Waals surface area (Å²) in [5, 5.41) is 2.88. The average Bonchev–Trinajstić information content (AvgIpc) is 2.73. The van der Waals surface area contributed by atoms with E-state index in [1.54, 1.807) is 12.1 Å². The van der Waals surface area contributed by atoms with E-state index < -0.39 is 6.09 Å². The van der Waals surface area contributed by atoms with E-state index in [2.05, 4.69) is 5.32 Å². The average molecular weight is 382 g/mol. The Bertz CT molecular complexity index is 744. The molecule has 0 radical (unpaired) electrons. The highest BCUT2D eigenvalue weighted by molar-refractivity contribution is 5.76. The van der Waals surface area contributed by atoms with Crippen LogP contribution in [0.1, 0.15) is 25.7 Å². The third-order valence-corrected chi connectivity index (χ3v) is 4.67. The number of carbonyl (C=O) groups excluding carboxylic acids is 2. The Morgan fingerprint density at radius 1 is 0.929 bits per heavy atom. The molecule has 6 nitrogen and oxygen atoms in total. The maximum Gasteiger partial charge on any atom is 0.412 e. The van der Waals surface area contributed by atoms with Crippen LogP contribution in [0.3, 0.4) is 0 Å². The van der Waals surface area contributed by atoms with Crippen LogP contribution in [-0.2, 0) is 4.79 Å². The van der Waals surface area contributed by atoms with Gasteiger partial charge in [0, 0.05) is 25.6 Å². The molecule has 1 fully saturated rings. The number of carbonyl (C=O) groups is 2. The van der Waals surface area contributed by atoms with Crippen molar-refractivity contribution in [1.82, 2.24) is 10.2 Å². The van der Waals surface area contributed by atoms with Crippen LogP contribution in [0.2, 0.25) is 0 Å². The highest BCUT2D eigenvalue weighted by atomic mass is 16.6. The van der Waals surface area contributed by atoms with E-state index in [1.165, 1.54) is 0 Å². The molecule has 0 saturated carbocycles. The molecule has 1 heterocycles. The molecule has 0 spiro atoms. The van der Waals surface area contributed by atoms with Gasteiger partial charge in [-0.05, 0) is 43.5 Å². The summed E-state index contributed by atoms with van der Waals surface area (Å²) in [6, 6.07) is 18.6. The molecule has 2 amide bonds. The van der Waals surface area contributed by atoms with Gasteiger partial charge in [-0.1, -0.05) is 36.4 Å². The second kappa shape index (κ2) is 10.3. The van der Waals surface area contributed by atoms with Gasteiger partial charge in [-0.3, -0.25) is 4.79 Å². The van der Waals surface area contributed by atoms with Gasteiger partial charge in [0.25, 0.3) is 0 Å². The second-order valence-electron chi connectivity index (χ2n) is 6.77. The van der Waals surface area contributed by atoms with Gasteiger partial charge in [0.05, 0.1) is 6.61 Å². The Labute approximate surface area is 165 Å². The molecule has 1 saturated heterocycles. The smallest absolute Gasteiger partial charge is 0.412 e. The van der Waals surface area contributed by atoms with Gasteiger partial charge in [0.15, 0.2) is 0 Å². The summed E-state index contributed by atoms with van der Waals surface area (Å²) in [5.74, 6) is 1.48. The van der Waals surface area contributed by atoms with E-state index in [4.69, 9.17) is 9.47 Å². The van der Waals surface area contributed by atoms with E-state index in [0.29, 0.717) is 38.3 Å². The van der Waals surface area contributed by atoms with Gasteiger partial charge in [0.2, 0.25) is 5.91 Å². The lowest BCUT2D eigenvalue weighted by atomic mass is 10.0. The van der Waals surface area contributed by atoms with Crippen LogP contribution in [0, 0.1) is 0 Å². The number of amides is 2. The first-order valence-corrected chi connectivity index (χ1v) is 9.70. The predicted molar refractivity (Wildman–Crippen MR) is 106 cm³/mol. The van der Waals surface area contributed by atoms with Crippen molar-refractivity contribution in [3.05, 3.63) is 60.7 Å². The highest BCUT2D eigenvalue weighted by Gasteiger charge is 2.24. The molecule has 0 unspecified atom stereocenters. The molecule has 1 aliphatic heterocycles. The van der Waals surface area contributed by atoms with Gasteiger partial charge < -0.3 is 19.7 Å². The molecule has 2 aromatic rings. The maximum absolute atomic E-state index is 12.3. The number of nitrogens with zero attached hydrogens (tertiary/aromatic N) is 1. The van der Waals surface area contributed by atoms with Gasteiger partial charge >= 0.3 is 6.09 Å². The molecule has 0 aliphatic carbocycles. The lowest BCUT2D eigenvalue weighted by Gasteiger charge is -2.32. The van der Waals surface area contributed by atoms with Crippen LogP contribution < -0.4 is 14.8 Å². The Hall–Kier alpha value is -3.02. The minimum Gasteiger partial charge on any atom is -0.494 e. The van der Waals surface area contributed by atoms with E-state index in [-0.39, 0.29) is 11.9 Å². The molecule has 0 bridgehead atoms. The van der Waals surface area contributed by atoms with Crippen LogP contribution in [0.5, 0.6) is 11.5 Å². The van der Waals surface area contributed by atoms with E-state index in [9.17, 15) is 9.59 Å². The van der Waals surface area contributed by atoms with Crippen molar-refractivity contribution in [3.63, 3.8) is 0 Å². The van der Waals surface area contributed by atoms with E-state index in [0.717, 1.165) is 18.6 Å². The first-order chi connectivity index (χ1) is 13.7. The molecule has 1 N–H and O–H groups in total. The molecular weight excluding hydrogens is 356 g/mol. The fourth-order valence-electron chi connectivity index (χ4n) is 3.15. The zero-order valence-electron chi connectivity index (χ0n) is 15.9. The van der Waals surface area contributed by atoms with Crippen molar-refractivity contribution in [2.75, 3.05) is 19.7 Å². The molecular formula is C22H26N2O4. The Balaban J connectivity index is 1.31. The van der Waals surface area contributed by atoms with Gasteiger partial charge in [-0.25, -0.2) is 4.79 Å². The van der Waals surface area contributed by atoms with Gasteiger partial charge in [-0.15, -0.1) is 0 Å². The summed E-state index contributed by atoms with van der Waals surface area (Å²) < 4.78 is 10.9. The summed E-state index contributed by atoms with van der Waals surface area (Å²) in [5.41, 5.74) is 0. The number of hydrogen-bond acceptors (Lipinski definition) is 4. The van der Waals surface area contributed by atoms with Crippen LogP contribution >= 0.6 is 0 Å². The third-order valence-electron chi connectivity index (χ3n) is 4.67. The number of nitrogens with one attached hydrogen (secondary N) is 1. The highest BCUT2D eigenvalue weighted by Crippen LogP contribution is 2.14. The largest absolute Gasteiger partial charge is 0.494 e. The quantitative estimate of drug-likeness (QED) is 0.743. The Morgan fingerprint density at radius 2 is 1.54 bits per heavy atom. The zero-order chi connectivity index (χ0) is 19.6. The van der Waals surface area contributed by atoms with Crippen LogP contribution in [0.15, 0.2) is 60.7 Å². The minimum absolute atomic E-state index is 0.0293. The van der Waals surface area contributed by atoms with Crippen LogP contribution in [0.4, 0.5) is 4.79 Å². The first-order valence-electron chi connectivity index (χ1n) is 9.70. The molecule has 3 rings (SSSR count). The van der Waals surface area contributed by atoms with E-state index >= 15 is 0 Å². The summed E-state index contributed by atoms with van der Waals surface area (Å²) in [4.78, 5) is 26.2. The lowest BCUT2D eigenvalue weighted by molar-refractivity contribution is -0.132. The number of likely N-dealkylation sites (tertiary alicyclic amines) is 1. The number of rotatable bonds is 7. The fourth-order valence-corrected chi connectivity index (χ4v) is 3.15. The Morgan fingerprint density at radius 3 is 2.18 bits per heavy atom. The maximum atomic E-state index is 12.3. The number of benzene rings is 2. The van der Waals surface area contributed by atoms with Crippen molar-refractivity contribution in [2.24, 2.45) is 0 Å². The number of piperidine rings is 1. The SMILES string of the molecule is O=C(NC1CCN(C(=O)CCCOc2ccccc2)CC1)Oc1ccccc1. The van der Waals surface area contributed by atoms with Crippen molar-refractivity contribution < 1.29 is 19.1 Å². The summed E-state index contributed by atoms with van der Waals surface area (Å²) >= 11 is 0.